The number of unbranched alkanes of at least 4 members (excludes halogenated alkanes) is 1. The first kappa shape index (κ1) is 19.3. The quantitative estimate of drug-likeness (QED) is 0.533. The number of amides is 1. The minimum atomic E-state index is -0.381. The molecule has 1 aromatic carbocycles. The van der Waals surface area contributed by atoms with Gasteiger partial charge in [-0.25, -0.2) is 4.79 Å². The largest absolute Gasteiger partial charge is 0.465 e. The average molecular weight is 364 g/mol. The zero-order valence-corrected chi connectivity index (χ0v) is 15.7. The summed E-state index contributed by atoms with van der Waals surface area (Å²) in [4.78, 5) is 28.7. The SMILES string of the molecule is CCCCC(=O)N=c1sc2cc(C(=O)OC)ccc2n1CCOCC. The Morgan fingerprint density at radius 2 is 2.08 bits per heavy atom. The molecule has 6 nitrogen and oxygen atoms in total. The predicted octanol–water partition coefficient (Wildman–Crippen LogP) is 3.14. The standard InChI is InChI=1S/C18H24N2O4S/c1-4-6-7-16(21)19-18-20(10-11-24-5-2)14-9-8-13(17(22)23-3)12-15(14)25-18/h8-9,12H,4-7,10-11H2,1-3H3. The second-order valence-corrected chi connectivity index (χ2v) is 6.53. The lowest BCUT2D eigenvalue weighted by Crippen LogP contribution is -2.19. The number of ether oxygens (including phenoxy) is 2. The molecule has 25 heavy (non-hydrogen) atoms. The van der Waals surface area contributed by atoms with E-state index in [0.717, 1.165) is 23.1 Å². The van der Waals surface area contributed by atoms with Crippen LogP contribution in [0.4, 0.5) is 0 Å². The van der Waals surface area contributed by atoms with Crippen LogP contribution >= 0.6 is 11.3 Å². The van der Waals surface area contributed by atoms with Gasteiger partial charge < -0.3 is 14.0 Å². The van der Waals surface area contributed by atoms with Gasteiger partial charge in [-0.3, -0.25) is 4.79 Å². The van der Waals surface area contributed by atoms with Crippen LogP contribution in [0, 0.1) is 0 Å². The van der Waals surface area contributed by atoms with Crippen LogP contribution < -0.4 is 4.80 Å². The van der Waals surface area contributed by atoms with Crippen molar-refractivity contribution >= 4 is 33.4 Å². The van der Waals surface area contributed by atoms with E-state index < -0.39 is 0 Å². The number of thiazole rings is 1. The van der Waals surface area contributed by atoms with E-state index in [0.29, 0.717) is 36.5 Å². The van der Waals surface area contributed by atoms with Crippen LogP contribution in [0.3, 0.4) is 0 Å². The molecule has 0 atom stereocenters. The van der Waals surface area contributed by atoms with Crippen molar-refractivity contribution < 1.29 is 19.1 Å². The lowest BCUT2D eigenvalue weighted by molar-refractivity contribution is -0.118. The zero-order valence-electron chi connectivity index (χ0n) is 14.9. The van der Waals surface area contributed by atoms with E-state index in [1.165, 1.54) is 18.4 Å². The van der Waals surface area contributed by atoms with Crippen LogP contribution in [0.25, 0.3) is 10.2 Å². The summed E-state index contributed by atoms with van der Waals surface area (Å²) in [7, 11) is 1.36. The van der Waals surface area contributed by atoms with Crippen LogP contribution in [0.2, 0.25) is 0 Å². The highest BCUT2D eigenvalue weighted by Crippen LogP contribution is 2.20. The van der Waals surface area contributed by atoms with Crippen molar-refractivity contribution in [3.8, 4) is 0 Å². The molecule has 0 unspecified atom stereocenters. The molecule has 2 rings (SSSR count). The van der Waals surface area contributed by atoms with Gasteiger partial charge in [0.1, 0.15) is 0 Å². The van der Waals surface area contributed by atoms with Crippen molar-refractivity contribution in [1.29, 1.82) is 0 Å². The normalized spacial score (nSPS) is 11.9. The number of carbonyl (C=O) groups excluding carboxylic acids is 2. The van der Waals surface area contributed by atoms with E-state index in [1.807, 2.05) is 24.5 Å². The smallest absolute Gasteiger partial charge is 0.337 e. The molecule has 1 amide bonds. The Morgan fingerprint density at radius 3 is 2.76 bits per heavy atom. The van der Waals surface area contributed by atoms with Gasteiger partial charge in [0, 0.05) is 19.6 Å². The molecule has 0 N–H and O–H groups in total. The second-order valence-electron chi connectivity index (χ2n) is 5.52. The topological polar surface area (TPSA) is 69.9 Å². The molecule has 0 bridgehead atoms. The third-order valence-corrected chi connectivity index (χ3v) is 4.77. The third kappa shape index (κ3) is 4.99. The number of hydrogen-bond acceptors (Lipinski definition) is 5. The number of fused-ring (bicyclic) bond motifs is 1. The molecule has 0 aliphatic rings. The Bertz CT molecular complexity index is 807. The molecule has 0 radical (unpaired) electrons. The molecule has 1 heterocycles. The minimum absolute atomic E-state index is 0.119. The predicted molar refractivity (Wildman–Crippen MR) is 97.7 cm³/mol. The second kappa shape index (κ2) is 9.48. The fourth-order valence-corrected chi connectivity index (χ4v) is 3.52. The molecule has 7 heteroatoms. The summed E-state index contributed by atoms with van der Waals surface area (Å²) >= 11 is 1.40. The van der Waals surface area contributed by atoms with E-state index in [9.17, 15) is 9.59 Å². The number of aromatic nitrogens is 1. The summed E-state index contributed by atoms with van der Waals surface area (Å²) in [6.45, 7) is 5.77. The van der Waals surface area contributed by atoms with Gasteiger partial charge in [0.05, 0.1) is 29.5 Å². The number of methoxy groups -OCH3 is 1. The molecule has 136 valence electrons. The zero-order chi connectivity index (χ0) is 18.2. The Labute approximate surface area is 151 Å². The van der Waals surface area contributed by atoms with Crippen molar-refractivity contribution in [2.45, 2.75) is 39.7 Å². The van der Waals surface area contributed by atoms with Crippen molar-refractivity contribution in [1.82, 2.24) is 4.57 Å². The van der Waals surface area contributed by atoms with Crippen molar-refractivity contribution in [3.63, 3.8) is 0 Å². The van der Waals surface area contributed by atoms with E-state index >= 15 is 0 Å². The van der Waals surface area contributed by atoms with Crippen LogP contribution in [0.5, 0.6) is 0 Å². The van der Waals surface area contributed by atoms with Gasteiger partial charge in [-0.2, -0.15) is 4.99 Å². The number of benzene rings is 1. The van der Waals surface area contributed by atoms with Gasteiger partial charge in [0.25, 0.3) is 0 Å². The molecule has 0 spiro atoms. The molecule has 1 aromatic heterocycles. The Hall–Kier alpha value is -1.99. The maximum Gasteiger partial charge on any atom is 0.337 e. The van der Waals surface area contributed by atoms with E-state index in [-0.39, 0.29) is 11.9 Å². The maximum absolute atomic E-state index is 12.1. The summed E-state index contributed by atoms with van der Waals surface area (Å²) < 4.78 is 13.1. The average Bonchev–Trinajstić information content (AvgIpc) is 2.95. The Morgan fingerprint density at radius 1 is 1.28 bits per heavy atom. The maximum atomic E-state index is 12.1. The molecule has 0 aliphatic heterocycles. The highest BCUT2D eigenvalue weighted by atomic mass is 32.1. The van der Waals surface area contributed by atoms with Crippen molar-refractivity contribution in [2.75, 3.05) is 20.3 Å². The number of rotatable bonds is 8. The van der Waals surface area contributed by atoms with Crippen LogP contribution in [0.1, 0.15) is 43.5 Å². The number of hydrogen-bond donors (Lipinski definition) is 0. The molecule has 0 fully saturated rings. The first-order valence-corrected chi connectivity index (χ1v) is 9.29. The molecular weight excluding hydrogens is 340 g/mol. The fraction of sp³-hybridized carbons (Fsp3) is 0.500. The van der Waals surface area contributed by atoms with Crippen LogP contribution in [0.15, 0.2) is 23.2 Å². The van der Waals surface area contributed by atoms with E-state index in [1.54, 1.807) is 12.1 Å². The van der Waals surface area contributed by atoms with Gasteiger partial charge in [-0.15, -0.1) is 0 Å². The summed E-state index contributed by atoms with van der Waals surface area (Å²) in [5.74, 6) is -0.500. The van der Waals surface area contributed by atoms with Crippen LogP contribution in [-0.2, 0) is 20.8 Å². The van der Waals surface area contributed by atoms with Crippen molar-refractivity contribution in [2.24, 2.45) is 4.99 Å². The monoisotopic (exact) mass is 364 g/mol. The molecule has 2 aromatic rings. The minimum Gasteiger partial charge on any atom is -0.465 e. The summed E-state index contributed by atoms with van der Waals surface area (Å²) in [5, 5.41) is 0. The number of nitrogens with zero attached hydrogens (tertiary/aromatic N) is 2. The third-order valence-electron chi connectivity index (χ3n) is 3.73. The lowest BCUT2D eigenvalue weighted by Gasteiger charge is -2.06. The van der Waals surface area contributed by atoms with Gasteiger partial charge in [-0.05, 0) is 31.5 Å². The Balaban J connectivity index is 2.45. The Kier molecular flexibility index (Phi) is 7.33. The number of carbonyl (C=O) groups is 2. The van der Waals surface area contributed by atoms with E-state index in [2.05, 4.69) is 4.99 Å². The van der Waals surface area contributed by atoms with E-state index in [4.69, 9.17) is 9.47 Å². The molecule has 0 saturated heterocycles. The molecular formula is C18H24N2O4S. The van der Waals surface area contributed by atoms with Crippen molar-refractivity contribution in [3.05, 3.63) is 28.6 Å². The summed E-state index contributed by atoms with van der Waals surface area (Å²) in [6.07, 6.45) is 2.24. The lowest BCUT2D eigenvalue weighted by atomic mass is 10.2. The molecule has 0 aliphatic carbocycles. The highest BCUT2D eigenvalue weighted by molar-refractivity contribution is 7.16. The summed E-state index contributed by atoms with van der Waals surface area (Å²) in [5.41, 5.74) is 1.41. The van der Waals surface area contributed by atoms with Gasteiger partial charge in [0.15, 0.2) is 4.80 Å². The first-order valence-electron chi connectivity index (χ1n) is 8.47. The number of esters is 1. The van der Waals surface area contributed by atoms with Gasteiger partial charge in [0.2, 0.25) is 5.91 Å². The fourth-order valence-electron chi connectivity index (χ4n) is 2.41. The first-order chi connectivity index (χ1) is 12.1. The highest BCUT2D eigenvalue weighted by Gasteiger charge is 2.12. The van der Waals surface area contributed by atoms with Crippen LogP contribution in [-0.4, -0.2) is 36.8 Å². The van der Waals surface area contributed by atoms with Gasteiger partial charge in [-0.1, -0.05) is 24.7 Å². The summed E-state index contributed by atoms with van der Waals surface area (Å²) in [6, 6.07) is 5.36. The molecule has 0 saturated carbocycles. The van der Waals surface area contributed by atoms with Gasteiger partial charge >= 0.3 is 5.97 Å².